The van der Waals surface area contributed by atoms with Crippen molar-refractivity contribution in [3.8, 4) is 0 Å². The number of aliphatic hydroxyl groups is 1. The van der Waals surface area contributed by atoms with E-state index in [9.17, 15) is 17.9 Å². The van der Waals surface area contributed by atoms with Crippen molar-refractivity contribution >= 4 is 37.6 Å². The van der Waals surface area contributed by atoms with Gasteiger partial charge in [-0.1, -0.05) is 39.7 Å². The van der Waals surface area contributed by atoms with Crippen molar-refractivity contribution in [2.24, 2.45) is 0 Å². The highest BCUT2D eigenvalue weighted by atomic mass is 79.9. The van der Waals surface area contributed by atoms with Crippen LogP contribution in [0.15, 0.2) is 51.8 Å². The van der Waals surface area contributed by atoms with Crippen molar-refractivity contribution in [2.45, 2.75) is 23.3 Å². The molecule has 0 atom stereocenters. The van der Waals surface area contributed by atoms with E-state index in [1.165, 1.54) is 10.4 Å². The molecule has 0 amide bonds. The highest BCUT2D eigenvalue weighted by molar-refractivity contribution is 9.10. The van der Waals surface area contributed by atoms with Crippen molar-refractivity contribution in [1.82, 2.24) is 4.31 Å². The van der Waals surface area contributed by atoms with Crippen molar-refractivity contribution in [3.05, 3.63) is 63.3 Å². The average molecular weight is 449 g/mol. The molecule has 1 N–H and O–H groups in total. The van der Waals surface area contributed by atoms with E-state index in [2.05, 4.69) is 15.9 Å². The summed E-state index contributed by atoms with van der Waals surface area (Å²) in [6.45, 7) is 0.311. The third kappa shape index (κ3) is 3.75. The normalized spacial score (nSPS) is 18.2. The lowest BCUT2D eigenvalue weighted by atomic mass is 9.85. The maximum Gasteiger partial charge on any atom is 0.244 e. The highest BCUT2D eigenvalue weighted by Gasteiger charge is 2.38. The average Bonchev–Trinajstić information content (AvgIpc) is 2.55. The number of benzene rings is 2. The molecule has 8 heteroatoms. The topological polar surface area (TPSA) is 57.6 Å². The maximum absolute atomic E-state index is 13.2. The van der Waals surface area contributed by atoms with Gasteiger partial charge in [0, 0.05) is 17.6 Å². The number of hydrogen-bond acceptors (Lipinski definition) is 3. The van der Waals surface area contributed by atoms with Crippen LogP contribution in [0.3, 0.4) is 0 Å². The molecule has 4 nitrogen and oxygen atoms in total. The summed E-state index contributed by atoms with van der Waals surface area (Å²) in [6, 6.07) is 10.6. The van der Waals surface area contributed by atoms with Crippen molar-refractivity contribution < 1.29 is 17.9 Å². The molecule has 0 bridgehead atoms. The van der Waals surface area contributed by atoms with Crippen molar-refractivity contribution in [1.29, 1.82) is 0 Å². The van der Waals surface area contributed by atoms with E-state index >= 15 is 0 Å². The van der Waals surface area contributed by atoms with Crippen LogP contribution in [-0.4, -0.2) is 30.9 Å². The molecule has 134 valence electrons. The van der Waals surface area contributed by atoms with E-state index in [1.54, 1.807) is 0 Å². The minimum Gasteiger partial charge on any atom is -0.385 e. The lowest BCUT2D eigenvalue weighted by Gasteiger charge is -2.38. The van der Waals surface area contributed by atoms with Crippen LogP contribution in [0.1, 0.15) is 18.4 Å². The summed E-state index contributed by atoms with van der Waals surface area (Å²) in [5, 5.41) is 10.7. The Morgan fingerprint density at radius 3 is 2.28 bits per heavy atom. The molecule has 0 radical (unpaired) electrons. The Labute approximate surface area is 159 Å². The second-order valence-electron chi connectivity index (χ2n) is 6.02. The van der Waals surface area contributed by atoms with Gasteiger partial charge in [-0.3, -0.25) is 0 Å². The van der Waals surface area contributed by atoms with Crippen LogP contribution < -0.4 is 0 Å². The van der Waals surface area contributed by atoms with Gasteiger partial charge in [-0.2, -0.15) is 4.31 Å². The Kier molecular flexibility index (Phi) is 5.23. The Morgan fingerprint density at radius 2 is 1.72 bits per heavy atom. The van der Waals surface area contributed by atoms with Gasteiger partial charge in [0.15, 0.2) is 0 Å². The van der Waals surface area contributed by atoms with Gasteiger partial charge in [0.25, 0.3) is 0 Å². The van der Waals surface area contributed by atoms with Crippen LogP contribution >= 0.6 is 27.5 Å². The largest absolute Gasteiger partial charge is 0.385 e. The molecule has 3 rings (SSSR count). The van der Waals surface area contributed by atoms with Crippen LogP contribution in [0.4, 0.5) is 4.39 Å². The van der Waals surface area contributed by atoms with E-state index in [0.29, 0.717) is 0 Å². The predicted octanol–water partition coefficient (Wildman–Crippen LogP) is 3.91. The molecular weight excluding hydrogens is 433 g/mol. The molecule has 1 aliphatic rings. The smallest absolute Gasteiger partial charge is 0.244 e. The molecule has 0 saturated carbocycles. The zero-order valence-corrected chi connectivity index (χ0v) is 16.3. The quantitative estimate of drug-likeness (QED) is 0.774. The van der Waals surface area contributed by atoms with Crippen LogP contribution in [0, 0.1) is 5.82 Å². The van der Waals surface area contributed by atoms with Crippen LogP contribution in [0.25, 0.3) is 0 Å². The van der Waals surface area contributed by atoms with E-state index in [-0.39, 0.29) is 35.8 Å². The number of rotatable bonds is 3. The second-order valence-corrected chi connectivity index (χ2v) is 9.25. The Bertz CT molecular complexity index is 881. The van der Waals surface area contributed by atoms with Gasteiger partial charge in [-0.15, -0.1) is 0 Å². The number of sulfonamides is 1. The minimum atomic E-state index is -3.83. The Morgan fingerprint density at radius 1 is 1.12 bits per heavy atom. The molecule has 0 aromatic heterocycles. The summed E-state index contributed by atoms with van der Waals surface area (Å²) in [4.78, 5) is -0.121. The first-order chi connectivity index (χ1) is 11.7. The zero-order valence-electron chi connectivity index (χ0n) is 13.1. The molecular formula is C17H16BrClFNO3S. The van der Waals surface area contributed by atoms with E-state index in [4.69, 9.17) is 11.6 Å². The highest BCUT2D eigenvalue weighted by Crippen LogP contribution is 2.36. The van der Waals surface area contributed by atoms with Crippen molar-refractivity contribution in [2.75, 3.05) is 13.1 Å². The molecule has 1 fully saturated rings. The summed E-state index contributed by atoms with van der Waals surface area (Å²) < 4.78 is 40.8. The fourth-order valence-corrected chi connectivity index (χ4v) is 5.18. The number of nitrogens with zero attached hydrogens (tertiary/aromatic N) is 1. The summed E-state index contributed by atoms with van der Waals surface area (Å²) >= 11 is 9.25. The number of halogens is 3. The van der Waals surface area contributed by atoms with Gasteiger partial charge < -0.3 is 5.11 Å². The summed E-state index contributed by atoms with van der Waals surface area (Å²) in [5.74, 6) is -0.591. The first-order valence-electron chi connectivity index (χ1n) is 7.66. The molecule has 1 aliphatic heterocycles. The summed E-state index contributed by atoms with van der Waals surface area (Å²) in [6.07, 6.45) is 0.541. The lowest BCUT2D eigenvalue weighted by molar-refractivity contribution is -0.00962. The molecule has 2 aromatic rings. The van der Waals surface area contributed by atoms with Crippen LogP contribution in [-0.2, 0) is 15.6 Å². The fraction of sp³-hybridized carbons (Fsp3) is 0.294. The first kappa shape index (κ1) is 18.8. The predicted molar refractivity (Wildman–Crippen MR) is 97.4 cm³/mol. The maximum atomic E-state index is 13.2. The van der Waals surface area contributed by atoms with Gasteiger partial charge in [0.1, 0.15) is 10.7 Å². The third-order valence-electron chi connectivity index (χ3n) is 4.44. The van der Waals surface area contributed by atoms with E-state index < -0.39 is 21.4 Å². The number of hydrogen-bond donors (Lipinski definition) is 1. The third-order valence-corrected chi connectivity index (χ3v) is 7.35. The molecule has 0 unspecified atom stereocenters. The first-order valence-corrected chi connectivity index (χ1v) is 10.3. The molecule has 2 aromatic carbocycles. The van der Waals surface area contributed by atoms with E-state index in [0.717, 1.165) is 22.2 Å². The lowest BCUT2D eigenvalue weighted by Crippen LogP contribution is -2.45. The molecule has 1 saturated heterocycles. The summed E-state index contributed by atoms with van der Waals surface area (Å²) in [5.41, 5.74) is -0.313. The number of piperidine rings is 1. The van der Waals surface area contributed by atoms with Gasteiger partial charge in [-0.05, 0) is 48.7 Å². The molecule has 0 aliphatic carbocycles. The monoisotopic (exact) mass is 447 g/mol. The molecule has 1 heterocycles. The zero-order chi connectivity index (χ0) is 18.2. The van der Waals surface area contributed by atoms with E-state index in [1.807, 2.05) is 24.3 Å². The van der Waals surface area contributed by atoms with Gasteiger partial charge >= 0.3 is 0 Å². The fourth-order valence-electron chi connectivity index (χ4n) is 2.97. The molecule has 0 spiro atoms. The van der Waals surface area contributed by atoms with Gasteiger partial charge in [-0.25, -0.2) is 12.8 Å². The summed E-state index contributed by atoms with van der Waals surface area (Å²) in [7, 11) is -3.83. The Hall–Kier alpha value is -0.990. The van der Waals surface area contributed by atoms with Gasteiger partial charge in [0.05, 0.1) is 10.6 Å². The van der Waals surface area contributed by atoms with Crippen molar-refractivity contribution in [3.63, 3.8) is 0 Å². The van der Waals surface area contributed by atoms with Crippen LogP contribution in [0.2, 0.25) is 5.02 Å². The standard InChI is InChI=1S/C17H16BrClFNO3S/c18-13-3-1-12(2-4-13)17(22)7-9-21(10-8-17)25(23,24)16-6-5-14(20)11-15(16)19/h1-6,11,22H,7-10H2. The molecule has 25 heavy (non-hydrogen) atoms. The SMILES string of the molecule is O=S(=O)(c1ccc(F)cc1Cl)N1CCC(O)(c2ccc(Br)cc2)CC1. The Balaban J connectivity index is 1.80. The van der Waals surface area contributed by atoms with Crippen LogP contribution in [0.5, 0.6) is 0 Å². The second kappa shape index (κ2) is 6.96. The van der Waals surface area contributed by atoms with Gasteiger partial charge in [0.2, 0.25) is 10.0 Å². The minimum absolute atomic E-state index is 0.121.